The lowest BCUT2D eigenvalue weighted by molar-refractivity contribution is -0.124. The number of hydrogen-bond donors (Lipinski definition) is 0. The molecule has 2 atom stereocenters. The van der Waals surface area contributed by atoms with Gasteiger partial charge in [-0.1, -0.05) is 66.7 Å². The van der Waals surface area contributed by atoms with Crippen molar-refractivity contribution in [1.82, 2.24) is 0 Å². The molecule has 1 heterocycles. The molecule has 0 aromatic heterocycles. The van der Waals surface area contributed by atoms with Gasteiger partial charge in [0.15, 0.2) is 22.9 Å². The SMILES string of the molecule is COc1ccc2c(c1)C=C(C)OC2(c1ccccc1)C(C(C)=O)c1cc(OC)c(OC)cc1C(=O)c1ccccc1. The van der Waals surface area contributed by atoms with Gasteiger partial charge in [-0.05, 0) is 55.3 Å². The summed E-state index contributed by atoms with van der Waals surface area (Å²) in [6.07, 6.45) is 1.93. The molecule has 0 spiro atoms. The maximum Gasteiger partial charge on any atom is 0.193 e. The van der Waals surface area contributed by atoms with Crippen LogP contribution >= 0.6 is 0 Å². The molecule has 0 N–H and O–H groups in total. The second-order valence-corrected chi connectivity index (χ2v) is 9.95. The van der Waals surface area contributed by atoms with E-state index in [4.69, 9.17) is 18.9 Å². The fourth-order valence-corrected chi connectivity index (χ4v) is 5.76. The number of ether oxygens (including phenoxy) is 4. The van der Waals surface area contributed by atoms with Crippen LogP contribution in [0.3, 0.4) is 0 Å². The van der Waals surface area contributed by atoms with Crippen LogP contribution in [0, 0.1) is 0 Å². The Balaban J connectivity index is 1.88. The summed E-state index contributed by atoms with van der Waals surface area (Å²) in [6, 6.07) is 27.7. The maximum atomic E-state index is 14.1. The number of Topliss-reactive ketones (excluding diaryl/α,β-unsaturated/α-hetero) is 1. The Morgan fingerprint density at radius 3 is 2.02 bits per heavy atom. The smallest absolute Gasteiger partial charge is 0.193 e. The topological polar surface area (TPSA) is 71.1 Å². The van der Waals surface area contributed by atoms with Gasteiger partial charge in [-0.25, -0.2) is 0 Å². The summed E-state index contributed by atoms with van der Waals surface area (Å²) < 4.78 is 23.6. The first kappa shape index (κ1) is 27.7. The van der Waals surface area contributed by atoms with Crippen LogP contribution < -0.4 is 14.2 Å². The number of carbonyl (C=O) groups is 2. The highest BCUT2D eigenvalue weighted by Gasteiger charge is 2.51. The van der Waals surface area contributed by atoms with Crippen LogP contribution in [0.1, 0.15) is 57.9 Å². The number of rotatable bonds is 9. The van der Waals surface area contributed by atoms with E-state index in [1.165, 1.54) is 21.1 Å². The van der Waals surface area contributed by atoms with E-state index in [1.54, 1.807) is 31.4 Å². The Kier molecular flexibility index (Phi) is 7.66. The van der Waals surface area contributed by atoms with Crippen molar-refractivity contribution < 1.29 is 28.5 Å². The molecule has 2 unspecified atom stereocenters. The molecule has 0 saturated heterocycles. The van der Waals surface area contributed by atoms with Crippen molar-refractivity contribution in [2.24, 2.45) is 0 Å². The van der Waals surface area contributed by atoms with Crippen molar-refractivity contribution in [2.75, 3.05) is 21.3 Å². The number of allylic oxidation sites excluding steroid dienone is 1. The summed E-state index contributed by atoms with van der Waals surface area (Å²) >= 11 is 0. The van der Waals surface area contributed by atoms with E-state index in [1.807, 2.05) is 79.7 Å². The van der Waals surface area contributed by atoms with Crippen LogP contribution in [0.4, 0.5) is 0 Å². The number of methoxy groups -OCH3 is 3. The molecule has 0 amide bonds. The number of carbonyl (C=O) groups excluding carboxylic acids is 2. The lowest BCUT2D eigenvalue weighted by Gasteiger charge is -2.44. The van der Waals surface area contributed by atoms with E-state index in [2.05, 4.69) is 0 Å². The third-order valence-corrected chi connectivity index (χ3v) is 7.50. The number of ketones is 2. The number of benzene rings is 4. The first-order valence-electron chi connectivity index (χ1n) is 13.3. The van der Waals surface area contributed by atoms with Crippen LogP contribution in [0.15, 0.2) is 96.8 Å². The summed E-state index contributed by atoms with van der Waals surface area (Å²) in [4.78, 5) is 28.1. The maximum absolute atomic E-state index is 14.1. The summed E-state index contributed by atoms with van der Waals surface area (Å²) in [5.41, 5.74) is 2.40. The highest BCUT2D eigenvalue weighted by molar-refractivity contribution is 6.11. The average molecular weight is 549 g/mol. The molecule has 4 aromatic rings. The Morgan fingerprint density at radius 1 is 0.780 bits per heavy atom. The minimum atomic E-state index is -1.31. The Labute approximate surface area is 240 Å². The highest BCUT2D eigenvalue weighted by atomic mass is 16.5. The Bertz CT molecular complexity index is 1620. The van der Waals surface area contributed by atoms with Crippen molar-refractivity contribution in [2.45, 2.75) is 25.4 Å². The normalized spacial score (nSPS) is 16.5. The van der Waals surface area contributed by atoms with Crippen molar-refractivity contribution in [3.63, 3.8) is 0 Å². The monoisotopic (exact) mass is 548 g/mol. The van der Waals surface area contributed by atoms with Gasteiger partial charge < -0.3 is 18.9 Å². The Morgan fingerprint density at radius 2 is 1.41 bits per heavy atom. The van der Waals surface area contributed by atoms with Gasteiger partial charge >= 0.3 is 0 Å². The molecule has 0 aliphatic carbocycles. The molecule has 5 rings (SSSR count). The lowest BCUT2D eigenvalue weighted by atomic mass is 9.67. The van der Waals surface area contributed by atoms with Crippen LogP contribution in [0.25, 0.3) is 6.08 Å². The molecule has 208 valence electrons. The van der Waals surface area contributed by atoms with Crippen LogP contribution in [-0.2, 0) is 15.1 Å². The predicted molar refractivity (Wildman–Crippen MR) is 158 cm³/mol. The zero-order valence-corrected chi connectivity index (χ0v) is 23.8. The summed E-state index contributed by atoms with van der Waals surface area (Å²) in [7, 11) is 4.66. The third-order valence-electron chi connectivity index (χ3n) is 7.50. The molecule has 0 saturated carbocycles. The van der Waals surface area contributed by atoms with Gasteiger partial charge in [0.25, 0.3) is 0 Å². The van der Waals surface area contributed by atoms with Gasteiger partial charge in [0.2, 0.25) is 0 Å². The zero-order valence-electron chi connectivity index (χ0n) is 23.8. The molecular formula is C35H32O6. The quantitative estimate of drug-likeness (QED) is 0.211. The second kappa shape index (κ2) is 11.3. The Hall–Kier alpha value is -4.84. The molecule has 1 aliphatic rings. The van der Waals surface area contributed by atoms with E-state index < -0.39 is 11.5 Å². The van der Waals surface area contributed by atoms with Crippen molar-refractivity contribution >= 4 is 17.6 Å². The molecule has 41 heavy (non-hydrogen) atoms. The van der Waals surface area contributed by atoms with Crippen molar-refractivity contribution in [3.8, 4) is 17.2 Å². The highest BCUT2D eigenvalue weighted by Crippen LogP contribution is 2.53. The van der Waals surface area contributed by atoms with E-state index in [0.717, 1.165) is 16.7 Å². The molecule has 0 bridgehead atoms. The fraction of sp³-hybridized carbons (Fsp3) is 0.200. The first-order chi connectivity index (χ1) is 19.8. The molecule has 0 radical (unpaired) electrons. The summed E-state index contributed by atoms with van der Waals surface area (Å²) in [6.45, 7) is 3.39. The van der Waals surface area contributed by atoms with E-state index in [9.17, 15) is 9.59 Å². The van der Waals surface area contributed by atoms with Gasteiger partial charge in [0, 0.05) is 22.3 Å². The van der Waals surface area contributed by atoms with Crippen LogP contribution in [-0.4, -0.2) is 32.9 Å². The molecule has 1 aliphatic heterocycles. The first-order valence-corrected chi connectivity index (χ1v) is 13.3. The van der Waals surface area contributed by atoms with E-state index >= 15 is 0 Å². The number of fused-ring (bicyclic) bond motifs is 1. The van der Waals surface area contributed by atoms with Crippen LogP contribution in [0.5, 0.6) is 17.2 Å². The largest absolute Gasteiger partial charge is 0.497 e. The molecule has 6 heteroatoms. The summed E-state index contributed by atoms with van der Waals surface area (Å²) in [5.74, 6) is 0.730. The average Bonchev–Trinajstić information content (AvgIpc) is 3.00. The fourth-order valence-electron chi connectivity index (χ4n) is 5.76. The zero-order chi connectivity index (χ0) is 29.1. The molecule has 6 nitrogen and oxygen atoms in total. The molecule has 0 fully saturated rings. The van der Waals surface area contributed by atoms with Crippen molar-refractivity contribution in [3.05, 3.63) is 130 Å². The predicted octanol–water partition coefficient (Wildman–Crippen LogP) is 6.95. The van der Waals surface area contributed by atoms with Gasteiger partial charge in [0.1, 0.15) is 11.5 Å². The molecular weight excluding hydrogens is 516 g/mol. The lowest BCUT2D eigenvalue weighted by Crippen LogP contribution is -2.43. The van der Waals surface area contributed by atoms with Crippen LogP contribution in [0.2, 0.25) is 0 Å². The van der Waals surface area contributed by atoms with Gasteiger partial charge in [-0.15, -0.1) is 0 Å². The van der Waals surface area contributed by atoms with Gasteiger partial charge in [0.05, 0.1) is 33.0 Å². The molecule has 4 aromatic carbocycles. The van der Waals surface area contributed by atoms with Crippen molar-refractivity contribution in [1.29, 1.82) is 0 Å². The van der Waals surface area contributed by atoms with Gasteiger partial charge in [-0.3, -0.25) is 9.59 Å². The van der Waals surface area contributed by atoms with E-state index in [0.29, 0.717) is 39.7 Å². The van der Waals surface area contributed by atoms with E-state index in [-0.39, 0.29) is 11.6 Å². The standard InChI is InChI=1S/C35H32O6/c1-22-18-25-19-27(38-3)16-17-30(25)35(41-22,26-14-10-7-11-15-26)33(23(2)36)28-20-31(39-4)32(40-5)21-29(28)34(37)24-12-8-6-9-13-24/h6-21,33H,1-5H3. The minimum Gasteiger partial charge on any atom is -0.497 e. The minimum absolute atomic E-state index is 0.181. The third kappa shape index (κ3) is 4.86. The van der Waals surface area contributed by atoms with Gasteiger partial charge in [-0.2, -0.15) is 0 Å². The summed E-state index contributed by atoms with van der Waals surface area (Å²) in [5, 5.41) is 0. The second-order valence-electron chi connectivity index (χ2n) is 9.95. The number of hydrogen-bond acceptors (Lipinski definition) is 6.